The number of nitrogens with one attached hydrogen (secondary N) is 2. The number of amides is 1. The average Bonchev–Trinajstić information content (AvgIpc) is 2.57. The predicted molar refractivity (Wildman–Crippen MR) is 90.1 cm³/mol. The second kappa shape index (κ2) is 7.75. The Labute approximate surface area is 148 Å². The zero-order valence-electron chi connectivity index (χ0n) is 13.4. The smallest absolute Gasteiger partial charge is 0.383 e. The lowest BCUT2D eigenvalue weighted by Crippen LogP contribution is -2.29. The third kappa shape index (κ3) is 5.20. The van der Waals surface area contributed by atoms with Crippen LogP contribution in [0, 0.1) is 0 Å². The Morgan fingerprint density at radius 3 is 2.27 bits per heavy atom. The van der Waals surface area contributed by atoms with Gasteiger partial charge in [0.15, 0.2) is 0 Å². The van der Waals surface area contributed by atoms with Crippen LogP contribution >= 0.6 is 0 Å². The molecular weight excluding hydrogens is 371 g/mol. The molecule has 10 heteroatoms. The summed E-state index contributed by atoms with van der Waals surface area (Å²) in [6.45, 7) is 0.0817. The second-order valence-corrected chi connectivity index (χ2v) is 6.86. The van der Waals surface area contributed by atoms with Crippen molar-refractivity contribution in [2.24, 2.45) is 5.14 Å². The van der Waals surface area contributed by atoms with E-state index < -0.39 is 26.7 Å². The molecule has 26 heavy (non-hydrogen) atoms. The van der Waals surface area contributed by atoms with Crippen LogP contribution in [0.3, 0.4) is 0 Å². The van der Waals surface area contributed by atoms with Crippen LogP contribution in [-0.2, 0) is 16.2 Å². The summed E-state index contributed by atoms with van der Waals surface area (Å²) in [4.78, 5) is 11.2. The van der Waals surface area contributed by atoms with E-state index >= 15 is 0 Å². The molecule has 0 aromatic heterocycles. The fraction of sp³-hybridized carbons (Fsp3) is 0.188. The molecule has 0 unspecified atom stereocenters. The van der Waals surface area contributed by atoms with Crippen molar-refractivity contribution in [1.29, 1.82) is 0 Å². The first-order valence-corrected chi connectivity index (χ1v) is 8.95. The maximum atomic E-state index is 13.1. The van der Waals surface area contributed by atoms with Crippen LogP contribution in [0.4, 0.5) is 18.9 Å². The van der Waals surface area contributed by atoms with Crippen LogP contribution in [0.5, 0.6) is 0 Å². The minimum atomic E-state index is -4.77. The average molecular weight is 387 g/mol. The van der Waals surface area contributed by atoms with Gasteiger partial charge in [-0.25, -0.2) is 13.6 Å². The molecule has 1 amide bonds. The van der Waals surface area contributed by atoms with Crippen LogP contribution in [-0.4, -0.2) is 27.4 Å². The van der Waals surface area contributed by atoms with Gasteiger partial charge in [0.25, 0.3) is 5.91 Å². The first-order chi connectivity index (χ1) is 12.1. The second-order valence-electron chi connectivity index (χ2n) is 5.30. The van der Waals surface area contributed by atoms with Crippen molar-refractivity contribution in [3.63, 3.8) is 0 Å². The van der Waals surface area contributed by atoms with E-state index in [9.17, 15) is 26.4 Å². The monoisotopic (exact) mass is 387 g/mol. The molecule has 0 heterocycles. The van der Waals surface area contributed by atoms with Crippen molar-refractivity contribution in [2.45, 2.75) is 11.1 Å². The van der Waals surface area contributed by atoms with Crippen molar-refractivity contribution in [3.05, 3.63) is 59.7 Å². The largest absolute Gasteiger partial charge is 0.418 e. The normalized spacial score (nSPS) is 11.8. The van der Waals surface area contributed by atoms with Gasteiger partial charge in [-0.05, 0) is 30.3 Å². The number of rotatable bonds is 6. The molecule has 0 aliphatic carbocycles. The molecule has 2 rings (SSSR count). The van der Waals surface area contributed by atoms with E-state index in [1.807, 2.05) is 0 Å². The third-order valence-electron chi connectivity index (χ3n) is 3.39. The van der Waals surface area contributed by atoms with E-state index in [4.69, 9.17) is 5.14 Å². The zero-order valence-corrected chi connectivity index (χ0v) is 14.2. The van der Waals surface area contributed by atoms with Crippen LogP contribution in [0.1, 0.15) is 15.9 Å². The summed E-state index contributed by atoms with van der Waals surface area (Å²) in [6, 6.07) is 10.8. The topological polar surface area (TPSA) is 101 Å². The maximum Gasteiger partial charge on any atom is 0.418 e. The molecular formula is C16H16F3N3O3S. The van der Waals surface area contributed by atoms with Crippen molar-refractivity contribution in [3.8, 4) is 0 Å². The summed E-state index contributed by atoms with van der Waals surface area (Å²) in [5.74, 6) is -0.354. The molecule has 6 nitrogen and oxygen atoms in total. The van der Waals surface area contributed by atoms with Gasteiger partial charge in [-0.15, -0.1) is 0 Å². The molecule has 2 aromatic rings. The molecule has 0 aliphatic rings. The number of nitrogens with two attached hydrogens (primary N) is 1. The molecule has 0 bridgehead atoms. The van der Waals surface area contributed by atoms with E-state index in [0.717, 1.165) is 12.1 Å². The fourth-order valence-corrected chi connectivity index (χ4v) is 2.69. The van der Waals surface area contributed by atoms with E-state index in [2.05, 4.69) is 10.6 Å². The van der Waals surface area contributed by atoms with Gasteiger partial charge >= 0.3 is 6.18 Å². The first kappa shape index (κ1) is 19.7. The lowest BCUT2D eigenvalue weighted by atomic mass is 10.1. The van der Waals surface area contributed by atoms with Gasteiger partial charge in [0, 0.05) is 24.3 Å². The summed E-state index contributed by atoms with van der Waals surface area (Å²) in [6.07, 6.45) is -4.77. The Kier molecular flexibility index (Phi) is 5.88. The zero-order chi connectivity index (χ0) is 19.4. The van der Waals surface area contributed by atoms with E-state index in [1.54, 1.807) is 30.3 Å². The quantitative estimate of drug-likeness (QED) is 0.662. The molecule has 0 aliphatic heterocycles. The van der Waals surface area contributed by atoms with Crippen molar-refractivity contribution in [1.82, 2.24) is 5.32 Å². The molecule has 140 valence electrons. The number of carbonyl (C=O) groups excluding carboxylic acids is 1. The SMILES string of the molecule is NS(=O)(=O)c1ccc(NCCNC(=O)c2ccccc2)c(C(F)(F)F)c1. The highest BCUT2D eigenvalue weighted by molar-refractivity contribution is 7.89. The van der Waals surface area contributed by atoms with Gasteiger partial charge in [-0.2, -0.15) is 13.2 Å². The van der Waals surface area contributed by atoms with Crippen LogP contribution < -0.4 is 15.8 Å². The minimum absolute atomic E-state index is 0.0103. The van der Waals surface area contributed by atoms with Crippen molar-refractivity contribution in [2.75, 3.05) is 18.4 Å². The van der Waals surface area contributed by atoms with E-state index in [0.29, 0.717) is 11.6 Å². The number of anilines is 1. The van der Waals surface area contributed by atoms with Crippen LogP contribution in [0.2, 0.25) is 0 Å². The number of benzene rings is 2. The molecule has 0 saturated heterocycles. The summed E-state index contributed by atoms with van der Waals surface area (Å²) in [5.41, 5.74) is -1.03. The van der Waals surface area contributed by atoms with Gasteiger partial charge in [0.1, 0.15) is 0 Å². The number of alkyl halides is 3. The minimum Gasteiger partial charge on any atom is -0.383 e. The number of halogens is 3. The predicted octanol–water partition coefficient (Wildman–Crippen LogP) is 2.19. The number of hydrogen-bond donors (Lipinski definition) is 3. The molecule has 0 fully saturated rings. The summed E-state index contributed by atoms with van der Waals surface area (Å²) >= 11 is 0. The molecule has 0 radical (unpaired) electrons. The van der Waals surface area contributed by atoms with Crippen molar-refractivity contribution < 1.29 is 26.4 Å². The number of primary sulfonamides is 1. The summed E-state index contributed by atoms with van der Waals surface area (Å²) in [7, 11) is -4.25. The maximum absolute atomic E-state index is 13.1. The lowest BCUT2D eigenvalue weighted by Gasteiger charge is -2.16. The van der Waals surface area contributed by atoms with Gasteiger partial charge in [-0.1, -0.05) is 18.2 Å². The Balaban J connectivity index is 2.04. The molecule has 2 aromatic carbocycles. The van der Waals surface area contributed by atoms with Crippen LogP contribution in [0.25, 0.3) is 0 Å². The highest BCUT2D eigenvalue weighted by Gasteiger charge is 2.34. The summed E-state index contributed by atoms with van der Waals surface area (Å²) in [5, 5.41) is 9.97. The van der Waals surface area contributed by atoms with Gasteiger partial charge in [0.2, 0.25) is 10.0 Å². The lowest BCUT2D eigenvalue weighted by molar-refractivity contribution is -0.137. The van der Waals surface area contributed by atoms with Gasteiger partial charge in [-0.3, -0.25) is 4.79 Å². The number of carbonyl (C=O) groups is 1. The fourth-order valence-electron chi connectivity index (χ4n) is 2.15. The molecule has 0 atom stereocenters. The Bertz CT molecular complexity index is 885. The molecule has 4 N–H and O–H groups in total. The number of sulfonamides is 1. The molecule has 0 spiro atoms. The Hall–Kier alpha value is -2.59. The summed E-state index contributed by atoms with van der Waals surface area (Å²) < 4.78 is 61.9. The highest BCUT2D eigenvalue weighted by atomic mass is 32.2. The van der Waals surface area contributed by atoms with Crippen LogP contribution in [0.15, 0.2) is 53.4 Å². The van der Waals surface area contributed by atoms with Crippen molar-refractivity contribution >= 4 is 21.6 Å². The third-order valence-corrected chi connectivity index (χ3v) is 4.30. The number of hydrogen-bond acceptors (Lipinski definition) is 4. The Morgan fingerprint density at radius 2 is 1.69 bits per heavy atom. The van der Waals surface area contributed by atoms with E-state index in [1.165, 1.54) is 0 Å². The first-order valence-electron chi connectivity index (χ1n) is 7.40. The standard InChI is InChI=1S/C16H16F3N3O3S/c17-16(18,19)13-10-12(26(20,24)25)6-7-14(13)21-8-9-22-15(23)11-4-2-1-3-5-11/h1-7,10,21H,8-9H2,(H,22,23)(H2,20,24,25). The highest BCUT2D eigenvalue weighted by Crippen LogP contribution is 2.36. The van der Waals surface area contributed by atoms with Gasteiger partial charge < -0.3 is 10.6 Å². The van der Waals surface area contributed by atoms with E-state index in [-0.39, 0.29) is 24.7 Å². The van der Waals surface area contributed by atoms with Gasteiger partial charge in [0.05, 0.1) is 10.5 Å². The molecule has 0 saturated carbocycles. The Morgan fingerprint density at radius 1 is 1.04 bits per heavy atom.